The molecule has 0 radical (unpaired) electrons. The molecule has 1 aliphatic heterocycles. The first kappa shape index (κ1) is 15.7. The van der Waals surface area contributed by atoms with Gasteiger partial charge in [0.1, 0.15) is 11.9 Å². The van der Waals surface area contributed by atoms with Crippen molar-refractivity contribution < 1.29 is 27.8 Å². The van der Waals surface area contributed by atoms with Crippen LogP contribution in [0.15, 0.2) is 18.2 Å². The Kier molecular flexibility index (Phi) is 4.47. The number of fused-ring (bicyclic) bond motifs is 1. The number of nitro groups is 1. The maximum atomic E-state index is 11.0. The van der Waals surface area contributed by atoms with Crippen LogP contribution >= 0.6 is 0 Å². The van der Waals surface area contributed by atoms with Crippen LogP contribution < -0.4 is 14.9 Å². The molecule has 2 N–H and O–H groups in total. The minimum atomic E-state index is -3.41. The van der Waals surface area contributed by atoms with Gasteiger partial charge >= 0.3 is 7.12 Å². The largest absolute Gasteiger partial charge is 0.496 e. The van der Waals surface area contributed by atoms with Gasteiger partial charge in [-0.05, 0) is 11.6 Å². The first-order valence-corrected chi connectivity index (χ1v) is 7.82. The maximum absolute atomic E-state index is 11.0. The van der Waals surface area contributed by atoms with Crippen molar-refractivity contribution in [3.63, 3.8) is 0 Å². The highest BCUT2D eigenvalue weighted by molar-refractivity contribution is 7.88. The van der Waals surface area contributed by atoms with Gasteiger partial charge in [0.05, 0.1) is 6.26 Å². The fourth-order valence-corrected chi connectivity index (χ4v) is 2.29. The molecule has 0 bridgehead atoms. The van der Waals surface area contributed by atoms with Gasteiger partial charge in [-0.15, -0.1) is 0 Å². The van der Waals surface area contributed by atoms with Gasteiger partial charge in [0, 0.05) is 10.4 Å². The zero-order valence-electron chi connectivity index (χ0n) is 11.1. The zero-order chi connectivity index (χ0) is 15.6. The molecule has 1 heterocycles. The number of nitrogens with zero attached hydrogens (tertiary/aromatic N) is 1. The molecule has 1 atom stereocenters. The van der Waals surface area contributed by atoms with Crippen LogP contribution in [0.25, 0.3) is 0 Å². The standard InChI is InChI=1S/C10H13BN2O7S/c1-21(17,18)12-6-19-8-4-2-3-7-9(5-13(15)16)20-11(14)10(7)8/h2-4,9,12,14H,5-6H2,1H3. The molecule has 1 aliphatic rings. The van der Waals surface area contributed by atoms with Crippen molar-refractivity contribution in [3.8, 4) is 5.75 Å². The molecule has 11 heteroatoms. The first-order chi connectivity index (χ1) is 9.78. The Hall–Kier alpha value is -1.69. The predicted octanol–water partition coefficient (Wildman–Crippen LogP) is -1.39. The van der Waals surface area contributed by atoms with Gasteiger partial charge in [0.15, 0.2) is 6.73 Å². The predicted molar refractivity (Wildman–Crippen MR) is 73.2 cm³/mol. The fourth-order valence-electron chi connectivity index (χ4n) is 2.02. The Balaban J connectivity index is 2.18. The summed E-state index contributed by atoms with van der Waals surface area (Å²) in [6.07, 6.45) is 0.119. The molecule has 0 saturated carbocycles. The lowest BCUT2D eigenvalue weighted by molar-refractivity contribution is -0.490. The van der Waals surface area contributed by atoms with Crippen LogP contribution in [-0.4, -0.2) is 45.0 Å². The number of benzene rings is 1. The molecule has 1 aromatic rings. The van der Waals surface area contributed by atoms with Crippen molar-refractivity contribution in [2.24, 2.45) is 0 Å². The molecule has 0 amide bonds. The quantitative estimate of drug-likeness (QED) is 0.286. The van der Waals surface area contributed by atoms with Gasteiger partial charge in [0.2, 0.25) is 16.6 Å². The Labute approximate surface area is 121 Å². The van der Waals surface area contributed by atoms with Crippen molar-refractivity contribution in [1.82, 2.24) is 4.72 Å². The van der Waals surface area contributed by atoms with E-state index in [9.17, 15) is 23.6 Å². The summed E-state index contributed by atoms with van der Waals surface area (Å²) >= 11 is 0. The molecular weight excluding hydrogens is 303 g/mol. The van der Waals surface area contributed by atoms with E-state index in [1.807, 2.05) is 0 Å². The van der Waals surface area contributed by atoms with Crippen LogP contribution in [0.3, 0.4) is 0 Å². The van der Waals surface area contributed by atoms with E-state index < -0.39 is 34.7 Å². The maximum Gasteiger partial charge on any atom is 0.496 e. The SMILES string of the molecule is CS(=O)(=O)NCOc1cccc2c1B(O)OC2C[N+](=O)[O-]. The molecule has 0 saturated heterocycles. The highest BCUT2D eigenvalue weighted by Crippen LogP contribution is 2.27. The summed E-state index contributed by atoms with van der Waals surface area (Å²) in [6.45, 7) is -0.795. The number of sulfonamides is 1. The lowest BCUT2D eigenvalue weighted by Crippen LogP contribution is -2.32. The van der Waals surface area contributed by atoms with E-state index in [0.29, 0.717) is 5.56 Å². The van der Waals surface area contributed by atoms with Gasteiger partial charge in [0.25, 0.3) is 0 Å². The summed E-state index contributed by atoms with van der Waals surface area (Å²) in [5.41, 5.74) is 0.732. The highest BCUT2D eigenvalue weighted by atomic mass is 32.2. The first-order valence-electron chi connectivity index (χ1n) is 5.93. The summed E-state index contributed by atoms with van der Waals surface area (Å²) in [5.74, 6) is 0.210. The second-order valence-electron chi connectivity index (χ2n) is 4.46. The third-order valence-electron chi connectivity index (χ3n) is 2.85. The highest BCUT2D eigenvalue weighted by Gasteiger charge is 2.40. The van der Waals surface area contributed by atoms with Crippen molar-refractivity contribution in [2.75, 3.05) is 19.5 Å². The molecule has 2 rings (SSSR count). The molecule has 0 aromatic heterocycles. The lowest BCUT2D eigenvalue weighted by atomic mass is 9.78. The second-order valence-corrected chi connectivity index (χ2v) is 6.29. The Bertz CT molecular complexity index is 651. The minimum absolute atomic E-state index is 0.210. The summed E-state index contributed by atoms with van der Waals surface area (Å²) in [4.78, 5) is 10.0. The Morgan fingerprint density at radius 1 is 1.57 bits per heavy atom. The fraction of sp³-hybridized carbons (Fsp3) is 0.400. The number of hydrogen-bond donors (Lipinski definition) is 2. The van der Waals surface area contributed by atoms with Gasteiger partial charge in [-0.1, -0.05) is 12.1 Å². The van der Waals surface area contributed by atoms with E-state index in [2.05, 4.69) is 4.72 Å². The van der Waals surface area contributed by atoms with Crippen LogP contribution in [0.5, 0.6) is 5.75 Å². The van der Waals surface area contributed by atoms with E-state index in [0.717, 1.165) is 6.26 Å². The van der Waals surface area contributed by atoms with Gasteiger partial charge in [-0.3, -0.25) is 10.1 Å². The Morgan fingerprint density at radius 3 is 2.90 bits per heavy atom. The van der Waals surface area contributed by atoms with E-state index in [-0.39, 0.29) is 17.9 Å². The molecule has 0 aliphatic carbocycles. The van der Waals surface area contributed by atoms with Crippen molar-refractivity contribution in [2.45, 2.75) is 6.10 Å². The van der Waals surface area contributed by atoms with Crippen molar-refractivity contribution >= 4 is 22.6 Å². The minimum Gasteiger partial charge on any atom is -0.478 e. The van der Waals surface area contributed by atoms with Crippen molar-refractivity contribution in [1.29, 1.82) is 0 Å². The van der Waals surface area contributed by atoms with Gasteiger partial charge in [-0.2, -0.15) is 4.72 Å². The molecule has 21 heavy (non-hydrogen) atoms. The smallest absolute Gasteiger partial charge is 0.478 e. The van der Waals surface area contributed by atoms with Crippen molar-refractivity contribution in [3.05, 3.63) is 33.9 Å². The third kappa shape index (κ3) is 3.91. The topological polar surface area (TPSA) is 128 Å². The van der Waals surface area contributed by atoms with Crippen LogP contribution in [-0.2, 0) is 14.7 Å². The molecule has 0 fully saturated rings. The second kappa shape index (κ2) is 5.97. The monoisotopic (exact) mass is 316 g/mol. The zero-order valence-corrected chi connectivity index (χ0v) is 11.9. The lowest BCUT2D eigenvalue weighted by Gasteiger charge is -2.11. The van der Waals surface area contributed by atoms with Gasteiger partial charge in [-0.25, -0.2) is 8.42 Å². The van der Waals surface area contributed by atoms with Crippen LogP contribution in [0.4, 0.5) is 0 Å². The molecule has 0 spiro atoms. The summed E-state index contributed by atoms with van der Waals surface area (Å²) < 4.78 is 34.4. The van der Waals surface area contributed by atoms with Crippen LogP contribution in [0.1, 0.15) is 11.7 Å². The van der Waals surface area contributed by atoms with Gasteiger partial charge < -0.3 is 14.4 Å². The van der Waals surface area contributed by atoms with Crippen LogP contribution in [0, 0.1) is 10.1 Å². The molecule has 1 aromatic carbocycles. The molecule has 1 unspecified atom stereocenters. The molecule has 114 valence electrons. The molecule has 9 nitrogen and oxygen atoms in total. The normalized spacial score (nSPS) is 17.6. The third-order valence-corrected chi connectivity index (χ3v) is 3.49. The molecular formula is C10H13BN2O7S. The number of hydrogen-bond acceptors (Lipinski definition) is 7. The van der Waals surface area contributed by atoms with E-state index >= 15 is 0 Å². The van der Waals surface area contributed by atoms with E-state index in [4.69, 9.17) is 9.39 Å². The van der Waals surface area contributed by atoms with Crippen LogP contribution in [0.2, 0.25) is 0 Å². The van der Waals surface area contributed by atoms with E-state index in [1.165, 1.54) is 6.07 Å². The Morgan fingerprint density at radius 2 is 2.29 bits per heavy atom. The summed E-state index contributed by atoms with van der Waals surface area (Å²) in [6, 6.07) is 4.70. The number of rotatable bonds is 6. The average molecular weight is 316 g/mol. The number of ether oxygens (including phenoxy) is 1. The van der Waals surface area contributed by atoms with E-state index in [1.54, 1.807) is 12.1 Å². The summed E-state index contributed by atoms with van der Waals surface area (Å²) in [5, 5.41) is 20.4. The summed E-state index contributed by atoms with van der Waals surface area (Å²) in [7, 11) is -4.75. The number of nitrogens with one attached hydrogen (secondary N) is 1. The average Bonchev–Trinajstić information content (AvgIpc) is 2.65.